The summed E-state index contributed by atoms with van der Waals surface area (Å²) >= 11 is 0. The molecule has 6 nitrogen and oxygen atoms in total. The summed E-state index contributed by atoms with van der Waals surface area (Å²) in [5, 5.41) is 0. The van der Waals surface area contributed by atoms with Crippen LogP contribution in [-0.4, -0.2) is 39.0 Å². The molecule has 2 aromatic carbocycles. The Morgan fingerprint density at radius 1 is 1.09 bits per heavy atom. The van der Waals surface area contributed by atoms with Crippen molar-refractivity contribution in [3.8, 4) is 5.75 Å². The van der Waals surface area contributed by atoms with E-state index in [4.69, 9.17) is 9.72 Å². The molecular formula is C29H34N4O2. The fourth-order valence-electron chi connectivity index (χ4n) is 4.29. The highest BCUT2D eigenvalue weighted by atomic mass is 16.5. The molecule has 0 bridgehead atoms. The van der Waals surface area contributed by atoms with Gasteiger partial charge in [0.1, 0.15) is 11.6 Å². The van der Waals surface area contributed by atoms with Crippen LogP contribution >= 0.6 is 0 Å². The van der Waals surface area contributed by atoms with Crippen molar-refractivity contribution in [1.82, 2.24) is 19.4 Å². The number of unbranched alkanes of at least 4 members (excludes halogenated alkanes) is 1. The zero-order valence-corrected chi connectivity index (χ0v) is 21.1. The second kappa shape index (κ2) is 11.2. The molecule has 6 heteroatoms. The number of fused-ring (bicyclic) bond motifs is 1. The highest BCUT2D eigenvalue weighted by Gasteiger charge is 2.17. The maximum Gasteiger partial charge on any atom is 0.255 e. The Balaban J connectivity index is 1.41. The number of aromatic nitrogens is 3. The second-order valence-electron chi connectivity index (χ2n) is 9.32. The average molecular weight is 471 g/mol. The molecular weight excluding hydrogens is 436 g/mol. The highest BCUT2D eigenvalue weighted by molar-refractivity contribution is 5.93. The minimum absolute atomic E-state index is 0.0655. The Morgan fingerprint density at radius 2 is 1.91 bits per heavy atom. The van der Waals surface area contributed by atoms with Crippen LogP contribution in [0.1, 0.15) is 59.9 Å². The van der Waals surface area contributed by atoms with E-state index in [1.807, 2.05) is 18.2 Å². The molecule has 0 atom stereocenters. The number of hydrogen-bond acceptors (Lipinski definition) is 4. The lowest BCUT2D eigenvalue weighted by atomic mass is 10.0. The number of rotatable bonds is 10. The van der Waals surface area contributed by atoms with E-state index in [1.54, 1.807) is 36.5 Å². The van der Waals surface area contributed by atoms with Crippen molar-refractivity contribution >= 4 is 16.9 Å². The van der Waals surface area contributed by atoms with Gasteiger partial charge in [0.25, 0.3) is 5.91 Å². The van der Waals surface area contributed by atoms with Gasteiger partial charge in [-0.2, -0.15) is 0 Å². The second-order valence-corrected chi connectivity index (χ2v) is 9.32. The third kappa shape index (κ3) is 5.88. The summed E-state index contributed by atoms with van der Waals surface area (Å²) in [7, 11) is 1.81. The van der Waals surface area contributed by atoms with Crippen molar-refractivity contribution in [3.05, 3.63) is 89.5 Å². The Bertz CT molecular complexity index is 1280. The number of hydrogen-bond donors (Lipinski definition) is 0. The molecule has 0 spiro atoms. The zero-order chi connectivity index (χ0) is 24.8. The molecule has 0 unspecified atom stereocenters. The molecule has 2 heterocycles. The first-order chi connectivity index (χ1) is 16.9. The van der Waals surface area contributed by atoms with Crippen LogP contribution in [0.3, 0.4) is 0 Å². The lowest BCUT2D eigenvalue weighted by molar-refractivity contribution is 0.0779. The van der Waals surface area contributed by atoms with E-state index in [2.05, 4.69) is 54.6 Å². The summed E-state index contributed by atoms with van der Waals surface area (Å²) < 4.78 is 8.41. The minimum Gasteiger partial charge on any atom is -0.493 e. The molecule has 0 aliphatic carbocycles. The number of nitrogens with zero attached hydrogens (tertiary/aromatic N) is 4. The predicted molar refractivity (Wildman–Crippen MR) is 140 cm³/mol. The molecule has 0 fully saturated rings. The van der Waals surface area contributed by atoms with Crippen LogP contribution in [0.5, 0.6) is 5.75 Å². The Kier molecular flexibility index (Phi) is 7.80. The SMILES string of the molecule is Cc1ccc(C(C)C)c(OCCCCn2c(CN(C)C(=O)c3cccnc3)nc3ccccc32)c1. The standard InChI is InChI=1S/C29H34N4O2/c1-21(2)24-14-13-22(3)18-27(24)35-17-8-7-16-33-26-12-6-5-11-25(26)31-28(33)20-32(4)29(34)23-10-9-15-30-19-23/h5-6,9-15,18-19,21H,7-8,16-17,20H2,1-4H3. The van der Waals surface area contributed by atoms with E-state index in [1.165, 1.54) is 11.1 Å². The van der Waals surface area contributed by atoms with Crippen LogP contribution in [-0.2, 0) is 13.1 Å². The number of para-hydroxylation sites is 2. The van der Waals surface area contributed by atoms with E-state index < -0.39 is 0 Å². The summed E-state index contributed by atoms with van der Waals surface area (Å²) in [6.07, 6.45) is 5.15. The quantitative estimate of drug-likeness (QED) is 0.267. The van der Waals surface area contributed by atoms with Gasteiger partial charge in [-0.1, -0.05) is 38.1 Å². The van der Waals surface area contributed by atoms with Gasteiger partial charge in [0, 0.05) is 26.0 Å². The molecule has 2 aromatic heterocycles. The monoisotopic (exact) mass is 470 g/mol. The number of pyridine rings is 1. The third-order valence-electron chi connectivity index (χ3n) is 6.19. The fourth-order valence-corrected chi connectivity index (χ4v) is 4.29. The van der Waals surface area contributed by atoms with E-state index in [-0.39, 0.29) is 5.91 Å². The van der Waals surface area contributed by atoms with Gasteiger partial charge < -0.3 is 14.2 Å². The van der Waals surface area contributed by atoms with Crippen molar-refractivity contribution in [2.45, 2.75) is 52.6 Å². The fraction of sp³-hybridized carbons (Fsp3) is 0.345. The number of aryl methyl sites for hydroxylation is 2. The molecule has 0 saturated carbocycles. The lowest BCUT2D eigenvalue weighted by Gasteiger charge is -2.18. The lowest BCUT2D eigenvalue weighted by Crippen LogP contribution is -2.28. The maximum atomic E-state index is 12.8. The average Bonchev–Trinajstić information content (AvgIpc) is 3.20. The molecule has 35 heavy (non-hydrogen) atoms. The first kappa shape index (κ1) is 24.5. The number of carbonyl (C=O) groups is 1. The smallest absolute Gasteiger partial charge is 0.255 e. The van der Waals surface area contributed by atoms with E-state index in [9.17, 15) is 4.79 Å². The topological polar surface area (TPSA) is 60.2 Å². The molecule has 0 saturated heterocycles. The first-order valence-electron chi connectivity index (χ1n) is 12.3. The van der Waals surface area contributed by atoms with E-state index in [0.29, 0.717) is 24.6 Å². The van der Waals surface area contributed by atoms with Gasteiger partial charge >= 0.3 is 0 Å². The Hall–Kier alpha value is -3.67. The predicted octanol–water partition coefficient (Wildman–Crippen LogP) is 5.99. The third-order valence-corrected chi connectivity index (χ3v) is 6.19. The van der Waals surface area contributed by atoms with Crippen LogP contribution in [0.15, 0.2) is 67.0 Å². The van der Waals surface area contributed by atoms with Gasteiger partial charge in [0.05, 0.1) is 29.7 Å². The van der Waals surface area contributed by atoms with Gasteiger partial charge in [0.2, 0.25) is 0 Å². The number of carbonyl (C=O) groups excluding carboxylic acids is 1. The van der Waals surface area contributed by atoms with Crippen molar-refractivity contribution < 1.29 is 9.53 Å². The number of benzene rings is 2. The Morgan fingerprint density at radius 3 is 2.69 bits per heavy atom. The summed E-state index contributed by atoms with van der Waals surface area (Å²) in [6, 6.07) is 18.1. The van der Waals surface area contributed by atoms with Gasteiger partial charge in [-0.25, -0.2) is 4.98 Å². The van der Waals surface area contributed by atoms with Crippen LogP contribution < -0.4 is 4.74 Å². The summed E-state index contributed by atoms with van der Waals surface area (Å²) in [5.74, 6) is 2.23. The van der Waals surface area contributed by atoms with Crippen LogP contribution in [0.2, 0.25) is 0 Å². The summed E-state index contributed by atoms with van der Waals surface area (Å²) in [4.78, 5) is 23.4. The highest BCUT2D eigenvalue weighted by Crippen LogP contribution is 2.27. The minimum atomic E-state index is -0.0655. The summed E-state index contributed by atoms with van der Waals surface area (Å²) in [5.41, 5.74) is 5.07. The zero-order valence-electron chi connectivity index (χ0n) is 21.1. The van der Waals surface area contributed by atoms with Gasteiger partial charge in [-0.15, -0.1) is 0 Å². The number of imidazole rings is 1. The van der Waals surface area contributed by atoms with Crippen molar-refractivity contribution in [2.75, 3.05) is 13.7 Å². The van der Waals surface area contributed by atoms with Gasteiger partial charge in [0.15, 0.2) is 0 Å². The molecule has 0 radical (unpaired) electrons. The molecule has 0 N–H and O–H groups in total. The molecule has 0 aliphatic rings. The van der Waals surface area contributed by atoms with Crippen molar-refractivity contribution in [3.63, 3.8) is 0 Å². The number of amides is 1. The van der Waals surface area contributed by atoms with Crippen LogP contribution in [0.4, 0.5) is 0 Å². The molecule has 4 rings (SSSR count). The molecule has 182 valence electrons. The van der Waals surface area contributed by atoms with Crippen molar-refractivity contribution in [1.29, 1.82) is 0 Å². The maximum absolute atomic E-state index is 12.8. The van der Waals surface area contributed by atoms with E-state index >= 15 is 0 Å². The van der Waals surface area contributed by atoms with Gasteiger partial charge in [-0.05, 0) is 67.1 Å². The van der Waals surface area contributed by atoms with Crippen LogP contribution in [0, 0.1) is 6.92 Å². The summed E-state index contributed by atoms with van der Waals surface area (Å²) in [6.45, 7) is 8.40. The van der Waals surface area contributed by atoms with Crippen LogP contribution in [0.25, 0.3) is 11.0 Å². The number of ether oxygens (including phenoxy) is 1. The normalized spacial score (nSPS) is 11.2. The largest absolute Gasteiger partial charge is 0.493 e. The molecule has 4 aromatic rings. The van der Waals surface area contributed by atoms with Crippen molar-refractivity contribution in [2.24, 2.45) is 0 Å². The molecule has 1 amide bonds. The van der Waals surface area contributed by atoms with Gasteiger partial charge in [-0.3, -0.25) is 9.78 Å². The first-order valence-corrected chi connectivity index (χ1v) is 12.3. The van der Waals surface area contributed by atoms with E-state index in [0.717, 1.165) is 42.0 Å². The Labute approximate surface area is 207 Å². The molecule has 0 aliphatic heterocycles.